The summed E-state index contributed by atoms with van der Waals surface area (Å²) in [6, 6.07) is 14.0. The van der Waals surface area contributed by atoms with Crippen molar-refractivity contribution in [2.75, 3.05) is 6.61 Å². The van der Waals surface area contributed by atoms with Crippen LogP contribution in [-0.2, 0) is 0 Å². The van der Waals surface area contributed by atoms with Gasteiger partial charge in [0.1, 0.15) is 11.3 Å². The van der Waals surface area contributed by atoms with Crippen molar-refractivity contribution in [2.24, 2.45) is 0 Å². The molecule has 1 heterocycles. The molecule has 116 valence electrons. The topological polar surface area (TPSA) is 56.5 Å². The fraction of sp³-hybridized carbons (Fsp3) is 0.158. The van der Waals surface area contributed by atoms with Crippen molar-refractivity contribution in [2.45, 2.75) is 13.8 Å². The van der Waals surface area contributed by atoms with E-state index < -0.39 is 5.63 Å². The van der Waals surface area contributed by atoms with E-state index in [0.717, 1.165) is 16.5 Å². The third kappa shape index (κ3) is 3.31. The molecule has 0 N–H and O–H groups in total. The highest BCUT2D eigenvalue weighted by molar-refractivity contribution is 5.98. The number of carbonyl (C=O) groups is 1. The van der Waals surface area contributed by atoms with E-state index in [1.807, 2.05) is 32.0 Å². The zero-order valence-electron chi connectivity index (χ0n) is 13.0. The molecule has 3 rings (SSSR count). The van der Waals surface area contributed by atoms with Crippen LogP contribution in [0.1, 0.15) is 21.5 Å². The van der Waals surface area contributed by atoms with Crippen LogP contribution < -0.4 is 10.4 Å². The number of Topliss-reactive ketones (excluding diaryl/α,β-unsaturated/α-hetero) is 1. The molecule has 0 bridgehead atoms. The van der Waals surface area contributed by atoms with Gasteiger partial charge in [0, 0.05) is 23.1 Å². The van der Waals surface area contributed by atoms with Gasteiger partial charge in [-0.05, 0) is 43.7 Å². The number of hydrogen-bond donors (Lipinski definition) is 0. The van der Waals surface area contributed by atoms with E-state index in [0.29, 0.717) is 16.9 Å². The van der Waals surface area contributed by atoms with E-state index in [2.05, 4.69) is 0 Å². The molecule has 23 heavy (non-hydrogen) atoms. The van der Waals surface area contributed by atoms with Gasteiger partial charge in [-0.2, -0.15) is 0 Å². The minimum absolute atomic E-state index is 0.0626. The molecule has 0 saturated carbocycles. The van der Waals surface area contributed by atoms with E-state index in [9.17, 15) is 9.59 Å². The summed E-state index contributed by atoms with van der Waals surface area (Å²) in [6.07, 6.45) is 0. The Morgan fingerprint density at radius 3 is 2.65 bits per heavy atom. The molecule has 0 unspecified atom stereocenters. The number of fused-ring (bicyclic) bond motifs is 1. The number of ether oxygens (including phenoxy) is 1. The average molecular weight is 308 g/mol. The minimum atomic E-state index is -0.416. The zero-order valence-corrected chi connectivity index (χ0v) is 13.0. The Morgan fingerprint density at radius 2 is 1.83 bits per heavy atom. The van der Waals surface area contributed by atoms with E-state index in [-0.39, 0.29) is 12.4 Å². The first-order chi connectivity index (χ1) is 11.0. The highest BCUT2D eigenvalue weighted by Gasteiger charge is 2.10. The summed E-state index contributed by atoms with van der Waals surface area (Å²) in [4.78, 5) is 23.6. The number of aryl methyl sites for hydroxylation is 2. The van der Waals surface area contributed by atoms with Crippen molar-refractivity contribution in [1.29, 1.82) is 0 Å². The summed E-state index contributed by atoms with van der Waals surface area (Å²) >= 11 is 0. The molecule has 0 atom stereocenters. The van der Waals surface area contributed by atoms with Gasteiger partial charge >= 0.3 is 5.63 Å². The van der Waals surface area contributed by atoms with Gasteiger partial charge in [-0.1, -0.05) is 17.7 Å². The summed E-state index contributed by atoms with van der Waals surface area (Å²) in [5.41, 5.74) is 2.65. The number of rotatable bonds is 4. The Bertz CT molecular complexity index is 937. The Labute approximate surface area is 133 Å². The fourth-order valence-electron chi connectivity index (χ4n) is 2.39. The molecule has 0 aliphatic rings. The summed E-state index contributed by atoms with van der Waals surface area (Å²) < 4.78 is 10.7. The average Bonchev–Trinajstić information content (AvgIpc) is 2.54. The van der Waals surface area contributed by atoms with Crippen molar-refractivity contribution in [3.05, 3.63) is 75.6 Å². The fourth-order valence-corrected chi connectivity index (χ4v) is 2.39. The lowest BCUT2D eigenvalue weighted by atomic mass is 10.0. The van der Waals surface area contributed by atoms with Crippen LogP contribution in [-0.4, -0.2) is 12.4 Å². The third-order valence-electron chi connectivity index (χ3n) is 3.66. The standard InChI is InChI=1S/C19H16O4/c1-12-3-4-13(2)16(9-12)17(20)11-22-15-7-5-14-6-8-19(21)23-18(14)10-15/h3-10H,11H2,1-2H3. The SMILES string of the molecule is Cc1ccc(C)c(C(=O)COc2ccc3ccc(=O)oc3c2)c1. The lowest BCUT2D eigenvalue weighted by molar-refractivity contribution is 0.0921. The van der Waals surface area contributed by atoms with Crippen LogP contribution in [0.4, 0.5) is 0 Å². The number of ketones is 1. The van der Waals surface area contributed by atoms with Crippen LogP contribution in [0.5, 0.6) is 5.75 Å². The lowest BCUT2D eigenvalue weighted by Crippen LogP contribution is -2.13. The maximum absolute atomic E-state index is 12.3. The molecule has 0 fully saturated rings. The van der Waals surface area contributed by atoms with Crippen molar-refractivity contribution in [1.82, 2.24) is 0 Å². The second-order valence-corrected chi connectivity index (χ2v) is 5.48. The van der Waals surface area contributed by atoms with Gasteiger partial charge in [-0.25, -0.2) is 4.79 Å². The molecule has 0 amide bonds. The van der Waals surface area contributed by atoms with Gasteiger partial charge in [0.05, 0.1) is 0 Å². The van der Waals surface area contributed by atoms with Gasteiger partial charge in [0.15, 0.2) is 12.4 Å². The zero-order chi connectivity index (χ0) is 16.4. The van der Waals surface area contributed by atoms with Crippen LogP contribution in [0.2, 0.25) is 0 Å². The second-order valence-electron chi connectivity index (χ2n) is 5.48. The second kappa shape index (κ2) is 6.08. The number of benzene rings is 2. The highest BCUT2D eigenvalue weighted by atomic mass is 16.5. The van der Waals surface area contributed by atoms with Crippen LogP contribution in [0.15, 0.2) is 57.7 Å². The first kappa shape index (κ1) is 15.0. The summed E-state index contributed by atoms with van der Waals surface area (Å²) in [5, 5.41) is 0.804. The first-order valence-corrected chi connectivity index (χ1v) is 7.30. The van der Waals surface area contributed by atoms with Crippen LogP contribution in [0.25, 0.3) is 11.0 Å². The molecule has 0 saturated heterocycles. The summed E-state index contributed by atoms with van der Waals surface area (Å²) in [7, 11) is 0. The van der Waals surface area contributed by atoms with E-state index in [4.69, 9.17) is 9.15 Å². The van der Waals surface area contributed by atoms with E-state index in [1.165, 1.54) is 6.07 Å². The van der Waals surface area contributed by atoms with Gasteiger partial charge in [0.2, 0.25) is 0 Å². The molecule has 0 aliphatic carbocycles. The summed E-state index contributed by atoms with van der Waals surface area (Å²) in [5.74, 6) is 0.409. The quantitative estimate of drug-likeness (QED) is 0.545. The van der Waals surface area contributed by atoms with Crippen LogP contribution in [0.3, 0.4) is 0 Å². The maximum atomic E-state index is 12.3. The molecule has 0 spiro atoms. The highest BCUT2D eigenvalue weighted by Crippen LogP contribution is 2.20. The Hall–Kier alpha value is -2.88. The van der Waals surface area contributed by atoms with Gasteiger partial charge in [-0.3, -0.25) is 4.79 Å². The van der Waals surface area contributed by atoms with Gasteiger partial charge < -0.3 is 9.15 Å². The molecular formula is C19H16O4. The molecular weight excluding hydrogens is 292 g/mol. The Balaban J connectivity index is 1.78. The van der Waals surface area contributed by atoms with Crippen LogP contribution in [0, 0.1) is 13.8 Å². The molecule has 1 aromatic heterocycles. The number of hydrogen-bond acceptors (Lipinski definition) is 4. The minimum Gasteiger partial charge on any atom is -0.485 e. The van der Waals surface area contributed by atoms with Crippen molar-refractivity contribution in [3.63, 3.8) is 0 Å². The predicted octanol–water partition coefficient (Wildman–Crippen LogP) is 3.67. The van der Waals surface area contributed by atoms with Gasteiger partial charge in [0.25, 0.3) is 0 Å². The van der Waals surface area contributed by atoms with Crippen molar-refractivity contribution >= 4 is 16.8 Å². The Kier molecular flexibility index (Phi) is 3.98. The van der Waals surface area contributed by atoms with Crippen LogP contribution >= 0.6 is 0 Å². The molecule has 3 aromatic rings. The monoisotopic (exact) mass is 308 g/mol. The van der Waals surface area contributed by atoms with E-state index in [1.54, 1.807) is 24.3 Å². The first-order valence-electron chi connectivity index (χ1n) is 7.30. The number of carbonyl (C=O) groups excluding carboxylic acids is 1. The normalized spacial score (nSPS) is 10.7. The largest absolute Gasteiger partial charge is 0.485 e. The molecule has 4 nitrogen and oxygen atoms in total. The van der Waals surface area contributed by atoms with Gasteiger partial charge in [-0.15, -0.1) is 0 Å². The smallest absolute Gasteiger partial charge is 0.336 e. The summed E-state index contributed by atoms with van der Waals surface area (Å²) in [6.45, 7) is 3.78. The maximum Gasteiger partial charge on any atom is 0.336 e. The molecule has 4 heteroatoms. The lowest BCUT2D eigenvalue weighted by Gasteiger charge is -2.08. The Morgan fingerprint density at radius 1 is 1.04 bits per heavy atom. The predicted molar refractivity (Wildman–Crippen MR) is 88.2 cm³/mol. The third-order valence-corrected chi connectivity index (χ3v) is 3.66. The molecule has 2 aromatic carbocycles. The van der Waals surface area contributed by atoms with E-state index >= 15 is 0 Å². The van der Waals surface area contributed by atoms with Crippen molar-refractivity contribution in [3.8, 4) is 5.75 Å². The van der Waals surface area contributed by atoms with Crippen molar-refractivity contribution < 1.29 is 13.9 Å². The molecule has 0 radical (unpaired) electrons. The molecule has 0 aliphatic heterocycles.